The van der Waals surface area contributed by atoms with Crippen molar-refractivity contribution in [3.8, 4) is 17.2 Å². The molecule has 29 heavy (non-hydrogen) atoms. The lowest BCUT2D eigenvalue weighted by atomic mass is 10.0. The Morgan fingerprint density at radius 1 is 1.21 bits per heavy atom. The lowest BCUT2D eigenvalue weighted by molar-refractivity contribution is 0.171. The van der Waals surface area contributed by atoms with Crippen LogP contribution in [-0.4, -0.2) is 32.9 Å². The van der Waals surface area contributed by atoms with Crippen molar-refractivity contribution in [3.05, 3.63) is 52.5 Å². The average Bonchev–Trinajstić information content (AvgIpc) is 3.57. The van der Waals surface area contributed by atoms with Crippen LogP contribution < -0.4 is 24.8 Å². The van der Waals surface area contributed by atoms with Crippen molar-refractivity contribution in [2.24, 2.45) is 5.92 Å². The molecule has 2 N–H and O–H groups in total. The summed E-state index contributed by atoms with van der Waals surface area (Å²) in [7, 11) is 1.65. The molecule has 1 aliphatic carbocycles. The van der Waals surface area contributed by atoms with Gasteiger partial charge < -0.3 is 24.8 Å². The third kappa shape index (κ3) is 4.88. The molecule has 0 saturated heterocycles. The molecule has 2 aliphatic rings. The van der Waals surface area contributed by atoms with Gasteiger partial charge in [-0.15, -0.1) is 0 Å². The summed E-state index contributed by atoms with van der Waals surface area (Å²) in [6.07, 6.45) is 2.92. The molecule has 1 saturated carbocycles. The topological polar surface area (TPSA) is 68.8 Å². The van der Waals surface area contributed by atoms with E-state index in [1.165, 1.54) is 0 Å². The smallest absolute Gasteiger partial charge is 0.315 e. The van der Waals surface area contributed by atoms with Gasteiger partial charge in [0.1, 0.15) is 19.0 Å². The first-order valence-electron chi connectivity index (χ1n) is 9.90. The summed E-state index contributed by atoms with van der Waals surface area (Å²) in [5, 5.41) is 6.60. The Labute approximate surface area is 175 Å². The zero-order valence-corrected chi connectivity index (χ0v) is 17.1. The summed E-state index contributed by atoms with van der Waals surface area (Å²) in [6.45, 7) is 1.52. The number of carbonyl (C=O) groups is 1. The molecule has 1 fully saturated rings. The third-order valence-corrected chi connectivity index (χ3v) is 5.49. The van der Waals surface area contributed by atoms with Gasteiger partial charge in [0.25, 0.3) is 0 Å². The molecule has 1 atom stereocenters. The number of rotatable bonds is 7. The van der Waals surface area contributed by atoms with Crippen LogP contribution in [0.2, 0.25) is 5.02 Å². The quantitative estimate of drug-likeness (QED) is 0.712. The summed E-state index contributed by atoms with van der Waals surface area (Å²) in [4.78, 5) is 12.5. The van der Waals surface area contributed by atoms with Gasteiger partial charge in [-0.1, -0.05) is 23.7 Å². The highest BCUT2D eigenvalue weighted by Crippen LogP contribution is 2.41. The molecule has 1 aliphatic heterocycles. The second-order valence-corrected chi connectivity index (χ2v) is 7.75. The number of nitrogens with one attached hydrogen (secondary N) is 2. The number of benzene rings is 2. The van der Waals surface area contributed by atoms with E-state index < -0.39 is 0 Å². The van der Waals surface area contributed by atoms with Gasteiger partial charge in [0.2, 0.25) is 0 Å². The Kier molecular flexibility index (Phi) is 6.00. The number of urea groups is 1. The molecule has 2 aromatic carbocycles. The molecular weight excluding hydrogens is 392 g/mol. The molecule has 1 unspecified atom stereocenters. The number of fused-ring (bicyclic) bond motifs is 1. The summed E-state index contributed by atoms with van der Waals surface area (Å²) < 4.78 is 16.4. The molecule has 7 heteroatoms. The van der Waals surface area contributed by atoms with Crippen LogP contribution in [-0.2, 0) is 6.42 Å². The molecule has 2 amide bonds. The van der Waals surface area contributed by atoms with Crippen molar-refractivity contribution >= 4 is 17.6 Å². The summed E-state index contributed by atoms with van der Waals surface area (Å²) in [5.74, 6) is 2.56. The minimum absolute atomic E-state index is 0.0182. The summed E-state index contributed by atoms with van der Waals surface area (Å²) in [6, 6.07) is 11.5. The first kappa shape index (κ1) is 19.7. The maximum atomic E-state index is 12.5. The van der Waals surface area contributed by atoms with Crippen molar-refractivity contribution in [1.82, 2.24) is 10.6 Å². The van der Waals surface area contributed by atoms with Gasteiger partial charge in [-0.3, -0.25) is 0 Å². The first-order valence-corrected chi connectivity index (χ1v) is 10.3. The van der Waals surface area contributed by atoms with Crippen LogP contribution in [0.3, 0.4) is 0 Å². The molecule has 4 rings (SSSR count). The van der Waals surface area contributed by atoms with E-state index in [4.69, 9.17) is 25.8 Å². The van der Waals surface area contributed by atoms with E-state index >= 15 is 0 Å². The van der Waals surface area contributed by atoms with E-state index in [9.17, 15) is 4.79 Å². The Balaban J connectivity index is 1.31. The van der Waals surface area contributed by atoms with Crippen LogP contribution in [0.5, 0.6) is 17.2 Å². The number of ether oxygens (including phenoxy) is 3. The fourth-order valence-corrected chi connectivity index (χ4v) is 3.82. The largest absolute Gasteiger partial charge is 0.497 e. The van der Waals surface area contributed by atoms with Crippen molar-refractivity contribution in [3.63, 3.8) is 0 Å². The molecular formula is C22H25ClN2O4. The van der Waals surface area contributed by atoms with Gasteiger partial charge >= 0.3 is 6.03 Å². The van der Waals surface area contributed by atoms with Crippen LogP contribution in [0.4, 0.5) is 4.79 Å². The molecule has 6 nitrogen and oxygen atoms in total. The van der Waals surface area contributed by atoms with Crippen molar-refractivity contribution in [2.75, 3.05) is 26.9 Å². The monoisotopic (exact) mass is 416 g/mol. The number of carbonyl (C=O) groups excluding carboxylic acids is 1. The minimum atomic E-state index is -0.165. The van der Waals surface area contributed by atoms with Crippen molar-refractivity contribution < 1.29 is 19.0 Å². The number of halogens is 1. The Morgan fingerprint density at radius 2 is 1.97 bits per heavy atom. The maximum absolute atomic E-state index is 12.5. The van der Waals surface area contributed by atoms with Crippen LogP contribution in [0, 0.1) is 5.92 Å². The number of methoxy groups -OCH3 is 1. The van der Waals surface area contributed by atoms with Gasteiger partial charge in [0, 0.05) is 6.54 Å². The normalized spacial score (nSPS) is 16.1. The lowest BCUT2D eigenvalue weighted by Gasteiger charge is -2.21. The highest BCUT2D eigenvalue weighted by atomic mass is 35.5. The molecule has 0 bridgehead atoms. The highest BCUT2D eigenvalue weighted by Gasteiger charge is 2.33. The van der Waals surface area contributed by atoms with Gasteiger partial charge in [-0.2, -0.15) is 0 Å². The average molecular weight is 417 g/mol. The Hall–Kier alpha value is -2.60. The van der Waals surface area contributed by atoms with Crippen LogP contribution in [0.15, 0.2) is 36.4 Å². The SMILES string of the molecule is COc1ccc(C(NC(=O)NCCc2cc(Cl)c3c(c2)OCCO3)C2CC2)cc1. The van der Waals surface area contributed by atoms with Crippen molar-refractivity contribution in [2.45, 2.75) is 25.3 Å². The van der Waals surface area contributed by atoms with E-state index in [2.05, 4.69) is 10.6 Å². The maximum Gasteiger partial charge on any atom is 0.315 e. The molecule has 2 aromatic rings. The van der Waals surface area contributed by atoms with E-state index in [0.717, 1.165) is 29.7 Å². The summed E-state index contributed by atoms with van der Waals surface area (Å²) in [5.41, 5.74) is 2.09. The third-order valence-electron chi connectivity index (χ3n) is 5.21. The number of hydrogen-bond acceptors (Lipinski definition) is 4. The summed E-state index contributed by atoms with van der Waals surface area (Å²) >= 11 is 6.28. The van der Waals surface area contributed by atoms with Gasteiger partial charge in [-0.05, 0) is 60.6 Å². The van der Waals surface area contributed by atoms with E-state index in [0.29, 0.717) is 48.6 Å². The Bertz CT molecular complexity index is 868. The lowest BCUT2D eigenvalue weighted by Crippen LogP contribution is -2.39. The fraction of sp³-hybridized carbons (Fsp3) is 0.409. The van der Waals surface area contributed by atoms with Gasteiger partial charge in [0.15, 0.2) is 11.5 Å². The van der Waals surface area contributed by atoms with E-state index in [1.807, 2.05) is 36.4 Å². The molecule has 1 heterocycles. The first-order chi connectivity index (χ1) is 14.1. The van der Waals surface area contributed by atoms with E-state index in [-0.39, 0.29) is 12.1 Å². The second-order valence-electron chi connectivity index (χ2n) is 7.34. The molecule has 154 valence electrons. The molecule has 0 aromatic heterocycles. The van der Waals surface area contributed by atoms with Crippen LogP contribution in [0.25, 0.3) is 0 Å². The van der Waals surface area contributed by atoms with Gasteiger partial charge in [0.05, 0.1) is 18.2 Å². The second kappa shape index (κ2) is 8.82. The predicted molar refractivity (Wildman–Crippen MR) is 111 cm³/mol. The fourth-order valence-electron chi connectivity index (χ4n) is 3.54. The van der Waals surface area contributed by atoms with Crippen molar-refractivity contribution in [1.29, 1.82) is 0 Å². The minimum Gasteiger partial charge on any atom is -0.497 e. The van der Waals surface area contributed by atoms with E-state index in [1.54, 1.807) is 7.11 Å². The molecule has 0 radical (unpaired) electrons. The Morgan fingerprint density at radius 3 is 2.69 bits per heavy atom. The molecule has 0 spiro atoms. The highest BCUT2D eigenvalue weighted by molar-refractivity contribution is 6.32. The predicted octanol–water partition coefficient (Wildman–Crippen LogP) is 4.11. The van der Waals surface area contributed by atoms with Gasteiger partial charge in [-0.25, -0.2) is 4.79 Å². The zero-order valence-electron chi connectivity index (χ0n) is 16.4. The number of hydrogen-bond donors (Lipinski definition) is 2. The zero-order chi connectivity index (χ0) is 20.2. The van der Waals surface area contributed by atoms with Crippen LogP contribution >= 0.6 is 11.6 Å². The van der Waals surface area contributed by atoms with Crippen LogP contribution in [0.1, 0.15) is 30.0 Å². The number of amides is 2. The standard InChI is InChI=1S/C22H25ClN2O4/c1-27-17-6-4-16(5-7-17)20(15-2-3-15)25-22(26)24-9-8-14-12-18(23)21-19(13-14)28-10-11-29-21/h4-7,12-13,15,20H,2-3,8-11H2,1H3,(H2,24,25,26).